The molecule has 0 aromatic heterocycles. The van der Waals surface area contributed by atoms with Crippen molar-refractivity contribution in [2.45, 2.75) is 24.9 Å². The highest BCUT2D eigenvalue weighted by atomic mass is 16.6. The Bertz CT molecular complexity index is 157. The van der Waals surface area contributed by atoms with Gasteiger partial charge in [0.2, 0.25) is 6.29 Å². The molecule has 0 spiro atoms. The summed E-state index contributed by atoms with van der Waals surface area (Å²) < 4.78 is 4.57. The third kappa shape index (κ3) is 1.75. The van der Waals surface area contributed by atoms with Crippen molar-refractivity contribution in [3.05, 3.63) is 0 Å². The van der Waals surface area contributed by atoms with Crippen LogP contribution in [0.1, 0.15) is 6.42 Å². The molecule has 1 rings (SSSR count). The zero-order valence-corrected chi connectivity index (χ0v) is 5.80. The average molecular weight is 162 g/mol. The molecule has 1 heterocycles. The van der Waals surface area contributed by atoms with Crippen LogP contribution >= 0.6 is 0 Å². The Morgan fingerprint density at radius 1 is 1.55 bits per heavy atom. The van der Waals surface area contributed by atoms with E-state index in [2.05, 4.69) is 4.74 Å². The van der Waals surface area contributed by atoms with Gasteiger partial charge in [-0.15, -0.1) is 0 Å². The molecule has 3 atom stereocenters. The summed E-state index contributed by atoms with van der Waals surface area (Å²) >= 11 is 0. The van der Waals surface area contributed by atoms with Gasteiger partial charge in [0, 0.05) is 6.42 Å². The summed E-state index contributed by atoms with van der Waals surface area (Å²) in [5, 5.41) is 26.4. The van der Waals surface area contributed by atoms with E-state index in [0.29, 0.717) is 0 Å². The minimum absolute atomic E-state index is 0.160. The third-order valence-corrected chi connectivity index (χ3v) is 1.60. The number of hydrogen-bond acceptors (Lipinski definition) is 5. The largest absolute Gasteiger partial charge is 0.394 e. The van der Waals surface area contributed by atoms with Crippen LogP contribution in [0.3, 0.4) is 0 Å². The molecule has 5 heteroatoms. The van der Waals surface area contributed by atoms with Crippen molar-refractivity contribution in [1.29, 1.82) is 0 Å². The first-order chi connectivity index (χ1) is 5.15. The minimum atomic E-state index is -1.49. The van der Waals surface area contributed by atoms with Gasteiger partial charge >= 0.3 is 0 Å². The second-order valence-electron chi connectivity index (χ2n) is 2.45. The standard InChI is InChI=1S/C6H10O5/c7-2-5-3(8)1-4(9)6(10)11-5/h3,5-8,10H,1-2H2/t3-,5+,6-/m1/s1. The highest BCUT2D eigenvalue weighted by Crippen LogP contribution is 2.14. The number of carbonyl (C=O) groups excluding carboxylic acids is 1. The molecule has 0 unspecified atom stereocenters. The number of carbonyl (C=O) groups is 1. The molecule has 5 nitrogen and oxygen atoms in total. The Balaban J connectivity index is 2.54. The molecular formula is C6H10O5. The maximum Gasteiger partial charge on any atom is 0.215 e. The van der Waals surface area contributed by atoms with E-state index in [1.165, 1.54) is 0 Å². The first-order valence-corrected chi connectivity index (χ1v) is 3.30. The lowest BCUT2D eigenvalue weighted by atomic mass is 10.0. The van der Waals surface area contributed by atoms with Gasteiger partial charge < -0.3 is 20.1 Å². The van der Waals surface area contributed by atoms with Crippen molar-refractivity contribution >= 4 is 5.78 Å². The number of aliphatic hydroxyl groups is 3. The summed E-state index contributed by atoms with van der Waals surface area (Å²) in [5.74, 6) is -0.554. The number of ketones is 1. The van der Waals surface area contributed by atoms with Gasteiger partial charge in [-0.3, -0.25) is 4.79 Å². The molecule has 0 saturated carbocycles. The Morgan fingerprint density at radius 3 is 2.73 bits per heavy atom. The van der Waals surface area contributed by atoms with Gasteiger partial charge in [0.15, 0.2) is 5.78 Å². The van der Waals surface area contributed by atoms with Crippen LogP contribution in [-0.4, -0.2) is 46.2 Å². The van der Waals surface area contributed by atoms with E-state index in [1.54, 1.807) is 0 Å². The molecule has 64 valence electrons. The second-order valence-corrected chi connectivity index (χ2v) is 2.45. The molecule has 0 aromatic carbocycles. The van der Waals surface area contributed by atoms with Crippen LogP contribution in [0, 0.1) is 0 Å². The highest BCUT2D eigenvalue weighted by molar-refractivity contribution is 5.82. The molecule has 1 aliphatic heterocycles. The van der Waals surface area contributed by atoms with Crippen molar-refractivity contribution < 1.29 is 24.9 Å². The number of hydrogen-bond donors (Lipinski definition) is 3. The van der Waals surface area contributed by atoms with E-state index in [9.17, 15) is 4.79 Å². The number of aliphatic hydroxyl groups excluding tert-OH is 3. The van der Waals surface area contributed by atoms with Crippen molar-refractivity contribution in [3.63, 3.8) is 0 Å². The van der Waals surface area contributed by atoms with E-state index in [0.717, 1.165) is 0 Å². The fraction of sp³-hybridized carbons (Fsp3) is 0.833. The van der Waals surface area contributed by atoms with E-state index in [1.807, 2.05) is 0 Å². The smallest absolute Gasteiger partial charge is 0.215 e. The molecule has 11 heavy (non-hydrogen) atoms. The lowest BCUT2D eigenvalue weighted by molar-refractivity contribution is -0.205. The lowest BCUT2D eigenvalue weighted by Gasteiger charge is -2.28. The van der Waals surface area contributed by atoms with Gasteiger partial charge in [-0.2, -0.15) is 0 Å². The van der Waals surface area contributed by atoms with Gasteiger partial charge in [-0.1, -0.05) is 0 Å². The van der Waals surface area contributed by atoms with Crippen molar-refractivity contribution in [2.75, 3.05) is 6.61 Å². The average Bonchev–Trinajstić information content (AvgIpc) is 1.97. The first-order valence-electron chi connectivity index (χ1n) is 3.30. The lowest BCUT2D eigenvalue weighted by Crippen LogP contribution is -2.46. The topological polar surface area (TPSA) is 87.0 Å². The quantitative estimate of drug-likeness (QED) is 0.415. The Labute approximate surface area is 63.2 Å². The van der Waals surface area contributed by atoms with Crippen LogP contribution in [0.4, 0.5) is 0 Å². The number of Topliss-reactive ketones (excluding diaryl/α,β-unsaturated/α-hetero) is 1. The summed E-state index contributed by atoms with van der Waals surface area (Å²) in [5.41, 5.74) is 0. The van der Waals surface area contributed by atoms with Crippen molar-refractivity contribution in [2.24, 2.45) is 0 Å². The van der Waals surface area contributed by atoms with E-state index < -0.39 is 30.9 Å². The molecule has 1 saturated heterocycles. The van der Waals surface area contributed by atoms with E-state index >= 15 is 0 Å². The fourth-order valence-corrected chi connectivity index (χ4v) is 0.935. The van der Waals surface area contributed by atoms with E-state index in [-0.39, 0.29) is 6.42 Å². The Hall–Kier alpha value is -0.490. The predicted octanol–water partition coefficient (Wildman–Crippen LogP) is -1.98. The zero-order valence-electron chi connectivity index (χ0n) is 5.80. The maximum atomic E-state index is 10.6. The molecule has 0 aromatic rings. The number of ether oxygens (including phenoxy) is 1. The van der Waals surface area contributed by atoms with Gasteiger partial charge in [-0.25, -0.2) is 0 Å². The normalized spacial score (nSPS) is 39.2. The van der Waals surface area contributed by atoms with Crippen LogP contribution in [-0.2, 0) is 9.53 Å². The molecule has 0 amide bonds. The molecule has 1 aliphatic rings. The predicted molar refractivity (Wildman–Crippen MR) is 33.6 cm³/mol. The van der Waals surface area contributed by atoms with Crippen LogP contribution in [0.15, 0.2) is 0 Å². The van der Waals surface area contributed by atoms with Gasteiger partial charge in [0.25, 0.3) is 0 Å². The number of rotatable bonds is 1. The van der Waals surface area contributed by atoms with E-state index in [4.69, 9.17) is 15.3 Å². The van der Waals surface area contributed by atoms with Gasteiger partial charge in [-0.05, 0) is 0 Å². The molecule has 0 radical (unpaired) electrons. The van der Waals surface area contributed by atoms with Crippen LogP contribution in [0.5, 0.6) is 0 Å². The molecular weight excluding hydrogens is 152 g/mol. The van der Waals surface area contributed by atoms with Crippen LogP contribution < -0.4 is 0 Å². The molecule has 0 aliphatic carbocycles. The Morgan fingerprint density at radius 2 is 2.18 bits per heavy atom. The fourth-order valence-electron chi connectivity index (χ4n) is 0.935. The summed E-state index contributed by atoms with van der Waals surface area (Å²) in [4.78, 5) is 10.6. The first kappa shape index (κ1) is 8.61. The second kappa shape index (κ2) is 3.27. The zero-order chi connectivity index (χ0) is 8.43. The SMILES string of the molecule is O=C1C[C@@H](O)[C@H](CO)O[C@H]1O. The molecule has 1 fully saturated rings. The van der Waals surface area contributed by atoms with Crippen molar-refractivity contribution in [3.8, 4) is 0 Å². The molecule has 0 bridgehead atoms. The summed E-state index contributed by atoms with van der Waals surface area (Å²) in [6.45, 7) is -0.397. The third-order valence-electron chi connectivity index (χ3n) is 1.60. The Kier molecular flexibility index (Phi) is 2.56. The monoisotopic (exact) mass is 162 g/mol. The maximum absolute atomic E-state index is 10.6. The van der Waals surface area contributed by atoms with Crippen LogP contribution in [0.2, 0.25) is 0 Å². The van der Waals surface area contributed by atoms with Crippen molar-refractivity contribution in [1.82, 2.24) is 0 Å². The summed E-state index contributed by atoms with van der Waals surface area (Å²) in [6.07, 6.45) is -3.50. The molecule has 3 N–H and O–H groups in total. The van der Waals surface area contributed by atoms with Gasteiger partial charge in [0.1, 0.15) is 6.10 Å². The highest BCUT2D eigenvalue weighted by Gasteiger charge is 2.34. The van der Waals surface area contributed by atoms with Crippen LogP contribution in [0.25, 0.3) is 0 Å². The minimum Gasteiger partial charge on any atom is -0.394 e. The van der Waals surface area contributed by atoms with Gasteiger partial charge in [0.05, 0.1) is 12.7 Å². The summed E-state index contributed by atoms with van der Waals surface area (Å²) in [6, 6.07) is 0. The summed E-state index contributed by atoms with van der Waals surface area (Å²) in [7, 11) is 0.